The zero-order valence-electron chi connectivity index (χ0n) is 33.8. The third-order valence-corrected chi connectivity index (χ3v) is 12.9. The maximum Gasteiger partial charge on any atom is 0.160 e. The minimum absolute atomic E-state index is 0.00707. The average molecular weight is 796 g/mol. The standard InChI is InChI=1S/C57H37N3O2/c1-34-28-29-46(58-57(42-23-12-17-35-14-4-5-18-38(35)42)59-55(34)44-24-13-22-41-40-20-7-10-26-50(40)62-56(41)44)54-48(30-31-52-53(54)43-21-8-11-27-51(43)61-52)60-47-25-9-6-19-39(47)45-32-36-15-2-3-16-37(36)33-49(45)60/h2-27,29-34H,28H2,1H3/b46-29+,58-57-,59-55+. The third kappa shape index (κ3) is 5.21. The molecule has 0 radical (unpaired) electrons. The lowest BCUT2D eigenvalue weighted by molar-refractivity contribution is 0.666. The number of hydrogen-bond acceptors (Lipinski definition) is 4. The molecule has 0 saturated carbocycles. The van der Waals surface area contributed by atoms with E-state index in [2.05, 4.69) is 181 Å². The molecule has 1 aliphatic heterocycles. The van der Waals surface area contributed by atoms with E-state index in [4.69, 9.17) is 18.8 Å². The summed E-state index contributed by atoms with van der Waals surface area (Å²) in [6.07, 6.45) is 3.02. The van der Waals surface area contributed by atoms with Crippen LogP contribution in [0.4, 0.5) is 0 Å². The van der Waals surface area contributed by atoms with Crippen molar-refractivity contribution in [2.75, 3.05) is 0 Å². The van der Waals surface area contributed by atoms with Crippen molar-refractivity contribution in [3.8, 4) is 5.69 Å². The van der Waals surface area contributed by atoms with Crippen LogP contribution >= 0.6 is 0 Å². The number of rotatable bonds is 4. The molecule has 5 heteroatoms. The number of aromatic nitrogens is 1. The first kappa shape index (κ1) is 34.8. The fourth-order valence-corrected chi connectivity index (χ4v) is 9.95. The first-order valence-electron chi connectivity index (χ1n) is 21.3. The molecule has 0 amide bonds. The topological polar surface area (TPSA) is 55.9 Å². The lowest BCUT2D eigenvalue weighted by Crippen LogP contribution is -2.17. The summed E-state index contributed by atoms with van der Waals surface area (Å²) in [5, 5.41) is 11.3. The molecular formula is C57H37N3O2. The summed E-state index contributed by atoms with van der Waals surface area (Å²) in [5.41, 5.74) is 11.4. The fraction of sp³-hybridized carbons (Fsp3) is 0.0526. The van der Waals surface area contributed by atoms with E-state index in [1.807, 2.05) is 18.2 Å². The van der Waals surface area contributed by atoms with Gasteiger partial charge in [0.25, 0.3) is 0 Å². The van der Waals surface area contributed by atoms with Crippen LogP contribution in [-0.2, 0) is 0 Å². The predicted molar refractivity (Wildman–Crippen MR) is 258 cm³/mol. The second kappa shape index (κ2) is 13.5. The number of allylic oxidation sites excluding steroid dienone is 1. The minimum atomic E-state index is 0.00707. The summed E-state index contributed by atoms with van der Waals surface area (Å²) in [6, 6.07) is 64.3. The van der Waals surface area contributed by atoms with Crippen molar-refractivity contribution in [2.45, 2.75) is 13.3 Å². The monoisotopic (exact) mass is 795 g/mol. The molecule has 0 N–H and O–H groups in total. The van der Waals surface area contributed by atoms with Crippen molar-refractivity contribution >= 4 is 104 Å². The number of nitrogens with zero attached hydrogens (tertiary/aromatic N) is 3. The molecule has 1 aliphatic rings. The summed E-state index contributed by atoms with van der Waals surface area (Å²) < 4.78 is 15.7. The molecule has 0 aliphatic carbocycles. The van der Waals surface area contributed by atoms with Gasteiger partial charge in [-0.25, -0.2) is 9.98 Å². The number of aliphatic imine (C=N–C) groups is 2. The second-order valence-electron chi connectivity index (χ2n) is 16.5. The van der Waals surface area contributed by atoms with Gasteiger partial charge in [0, 0.05) is 54.9 Å². The summed E-state index contributed by atoms with van der Waals surface area (Å²) >= 11 is 0. The number of fused-ring (bicyclic) bond motifs is 11. The summed E-state index contributed by atoms with van der Waals surface area (Å²) in [6.45, 7) is 2.27. The Morgan fingerprint density at radius 2 is 1.13 bits per heavy atom. The van der Waals surface area contributed by atoms with E-state index in [1.165, 1.54) is 21.5 Å². The van der Waals surface area contributed by atoms with Crippen LogP contribution < -0.4 is 0 Å². The van der Waals surface area contributed by atoms with Gasteiger partial charge in [-0.2, -0.15) is 0 Å². The fourth-order valence-electron chi connectivity index (χ4n) is 9.95. The normalized spacial score (nSPS) is 17.4. The van der Waals surface area contributed by atoms with Crippen molar-refractivity contribution in [1.29, 1.82) is 0 Å². The van der Waals surface area contributed by atoms with Crippen LogP contribution in [0.5, 0.6) is 0 Å². The van der Waals surface area contributed by atoms with E-state index in [1.54, 1.807) is 0 Å². The molecule has 62 heavy (non-hydrogen) atoms. The molecule has 1 atom stereocenters. The van der Waals surface area contributed by atoms with E-state index in [9.17, 15) is 0 Å². The van der Waals surface area contributed by atoms with Crippen LogP contribution in [0, 0.1) is 5.92 Å². The van der Waals surface area contributed by atoms with Gasteiger partial charge in [0.05, 0.1) is 28.1 Å². The van der Waals surface area contributed by atoms with Crippen LogP contribution in [0.3, 0.4) is 0 Å². The summed E-state index contributed by atoms with van der Waals surface area (Å²) in [5.74, 6) is 0.652. The van der Waals surface area contributed by atoms with Crippen molar-refractivity contribution in [2.24, 2.45) is 15.9 Å². The quantitative estimate of drug-likeness (QED) is 0.178. The van der Waals surface area contributed by atoms with E-state index in [-0.39, 0.29) is 5.92 Å². The first-order chi connectivity index (χ1) is 30.7. The highest BCUT2D eigenvalue weighted by Gasteiger charge is 2.27. The van der Waals surface area contributed by atoms with Crippen LogP contribution in [0.1, 0.15) is 30.0 Å². The molecule has 292 valence electrons. The van der Waals surface area contributed by atoms with Crippen LogP contribution in [0.15, 0.2) is 207 Å². The van der Waals surface area contributed by atoms with Crippen molar-refractivity contribution < 1.29 is 8.83 Å². The van der Waals surface area contributed by atoms with Gasteiger partial charge in [-0.1, -0.05) is 146 Å². The molecule has 13 rings (SSSR count). The molecule has 5 nitrogen and oxygen atoms in total. The maximum absolute atomic E-state index is 6.65. The van der Waals surface area contributed by atoms with Gasteiger partial charge in [0.1, 0.15) is 22.3 Å². The molecule has 4 heterocycles. The largest absolute Gasteiger partial charge is 0.456 e. The number of para-hydroxylation sites is 4. The van der Waals surface area contributed by atoms with Crippen LogP contribution in [-0.4, -0.2) is 16.1 Å². The Bertz CT molecular complexity index is 3920. The molecule has 12 aromatic rings. The third-order valence-electron chi connectivity index (χ3n) is 12.9. The zero-order chi connectivity index (χ0) is 40.9. The molecule has 9 aromatic carbocycles. The Balaban J connectivity index is 1.14. The van der Waals surface area contributed by atoms with Crippen molar-refractivity contribution in [3.63, 3.8) is 0 Å². The Kier molecular flexibility index (Phi) is 7.58. The molecule has 1 unspecified atom stereocenters. The van der Waals surface area contributed by atoms with Gasteiger partial charge in [-0.05, 0) is 76.5 Å². The highest BCUT2D eigenvalue weighted by Crippen LogP contribution is 2.44. The predicted octanol–water partition coefficient (Wildman–Crippen LogP) is 15.2. The van der Waals surface area contributed by atoms with Crippen LogP contribution in [0.25, 0.3) is 98.6 Å². The number of amidine groups is 1. The zero-order valence-corrected chi connectivity index (χ0v) is 33.8. The molecule has 0 saturated heterocycles. The van der Waals surface area contributed by atoms with Gasteiger partial charge in [0.2, 0.25) is 0 Å². The molecule has 0 spiro atoms. The highest BCUT2D eigenvalue weighted by molar-refractivity contribution is 6.24. The molecule has 0 fully saturated rings. The van der Waals surface area contributed by atoms with Gasteiger partial charge in [0.15, 0.2) is 5.84 Å². The van der Waals surface area contributed by atoms with E-state index in [0.717, 1.165) is 99.5 Å². The van der Waals surface area contributed by atoms with Gasteiger partial charge >= 0.3 is 0 Å². The van der Waals surface area contributed by atoms with Gasteiger partial charge in [-0.15, -0.1) is 0 Å². The summed E-state index contributed by atoms with van der Waals surface area (Å²) in [7, 11) is 0. The molecule has 3 aromatic heterocycles. The Labute approximate surface area is 356 Å². The second-order valence-corrected chi connectivity index (χ2v) is 16.5. The first-order valence-corrected chi connectivity index (χ1v) is 21.3. The van der Waals surface area contributed by atoms with E-state index >= 15 is 0 Å². The SMILES string of the molecule is CC1C/C=C(c2c(-n3c4ccccc4c4cc5ccccc5cc43)ccc3oc4ccccc4c23)/N=C(c2cccc3ccccc23)\N=C/1c1cccc2c1oc1ccccc12. The molecule has 0 bridgehead atoms. The average Bonchev–Trinajstić information content (AvgIpc) is 3.99. The van der Waals surface area contributed by atoms with Gasteiger partial charge < -0.3 is 13.4 Å². The smallest absolute Gasteiger partial charge is 0.160 e. The molecular weight excluding hydrogens is 759 g/mol. The number of benzene rings is 9. The van der Waals surface area contributed by atoms with E-state index in [0.29, 0.717) is 12.3 Å². The lowest BCUT2D eigenvalue weighted by Gasteiger charge is -2.21. The number of furan rings is 2. The van der Waals surface area contributed by atoms with Crippen molar-refractivity contribution in [3.05, 3.63) is 205 Å². The minimum Gasteiger partial charge on any atom is -0.456 e. The Morgan fingerprint density at radius 1 is 0.484 bits per heavy atom. The lowest BCUT2D eigenvalue weighted by atomic mass is 9.91. The Morgan fingerprint density at radius 3 is 1.98 bits per heavy atom. The maximum atomic E-state index is 6.65. The summed E-state index contributed by atoms with van der Waals surface area (Å²) in [4.78, 5) is 11.5. The number of hydrogen-bond donors (Lipinski definition) is 0. The van der Waals surface area contributed by atoms with E-state index < -0.39 is 0 Å². The Hall–Kier alpha value is -8.02. The highest BCUT2D eigenvalue weighted by atomic mass is 16.3. The van der Waals surface area contributed by atoms with Gasteiger partial charge in [-0.3, -0.25) is 0 Å². The van der Waals surface area contributed by atoms with Crippen molar-refractivity contribution in [1.82, 2.24) is 4.57 Å². The van der Waals surface area contributed by atoms with Crippen LogP contribution in [0.2, 0.25) is 0 Å².